The van der Waals surface area contributed by atoms with E-state index < -0.39 is 19.3 Å². The van der Waals surface area contributed by atoms with Crippen LogP contribution >= 0.6 is 7.60 Å². The summed E-state index contributed by atoms with van der Waals surface area (Å²) in [7, 11) is -3.61. The zero-order valence-corrected chi connectivity index (χ0v) is 24.3. The first-order chi connectivity index (χ1) is 19.1. The number of benzene rings is 3. The molecule has 0 atom stereocenters. The molecule has 2 heterocycles. The van der Waals surface area contributed by atoms with Gasteiger partial charge in [-0.05, 0) is 81.3 Å². The summed E-state index contributed by atoms with van der Waals surface area (Å²) in [5.74, 6) is 0. The van der Waals surface area contributed by atoms with Gasteiger partial charge in [-0.2, -0.15) is 0 Å². The second kappa shape index (κ2) is 11.0. The highest BCUT2D eigenvalue weighted by atomic mass is 31.2. The Hall–Kier alpha value is -3.77. The summed E-state index contributed by atoms with van der Waals surface area (Å²) in [4.78, 5) is 17.9. The Morgan fingerprint density at radius 3 is 2.30 bits per heavy atom. The molecule has 3 aromatic carbocycles. The summed E-state index contributed by atoms with van der Waals surface area (Å²) < 4.78 is 32.0. The lowest BCUT2D eigenvalue weighted by Crippen LogP contribution is -2.27. The van der Waals surface area contributed by atoms with E-state index in [1.807, 2.05) is 75.4 Å². The molecular weight excluding hydrogens is 523 g/mol. The fraction of sp³-hybridized carbons (Fsp3) is 0.250. The molecule has 0 spiro atoms. The zero-order valence-electron chi connectivity index (χ0n) is 23.4. The van der Waals surface area contributed by atoms with E-state index >= 15 is 0 Å². The van der Waals surface area contributed by atoms with Crippen molar-refractivity contribution in [3.8, 4) is 22.4 Å². The van der Waals surface area contributed by atoms with Gasteiger partial charge in [0.25, 0.3) is 0 Å². The molecule has 5 rings (SSSR count). The summed E-state index contributed by atoms with van der Waals surface area (Å²) in [6, 6.07) is 25.5. The summed E-state index contributed by atoms with van der Waals surface area (Å²) >= 11 is 0. The van der Waals surface area contributed by atoms with Gasteiger partial charge in [0.1, 0.15) is 5.60 Å². The lowest BCUT2D eigenvalue weighted by atomic mass is 9.94. The Bertz CT molecular complexity index is 1740. The number of fused-ring (bicyclic) bond motifs is 2. The first-order valence-corrected chi connectivity index (χ1v) is 14.9. The first kappa shape index (κ1) is 27.8. The third-order valence-corrected chi connectivity index (χ3v) is 8.38. The number of aromatic nitrogens is 2. The molecule has 206 valence electrons. The third kappa shape index (κ3) is 5.46. The van der Waals surface area contributed by atoms with Gasteiger partial charge >= 0.3 is 13.7 Å². The minimum atomic E-state index is -3.61. The number of pyridine rings is 1. The average Bonchev–Trinajstić information content (AvgIpc) is 3.42. The van der Waals surface area contributed by atoms with Gasteiger partial charge in [-0.15, -0.1) is 0 Å². The van der Waals surface area contributed by atoms with Crippen LogP contribution < -0.4 is 5.44 Å². The maximum atomic E-state index is 13.6. The summed E-state index contributed by atoms with van der Waals surface area (Å²) in [5, 5.41) is 2.96. The molecule has 0 amide bonds. The molecule has 0 N–H and O–H groups in total. The Labute approximate surface area is 234 Å². The number of carbonyl (C=O) groups is 1. The van der Waals surface area contributed by atoms with E-state index in [4.69, 9.17) is 18.8 Å². The molecule has 0 aliphatic carbocycles. The van der Waals surface area contributed by atoms with Crippen LogP contribution in [0.4, 0.5) is 4.79 Å². The van der Waals surface area contributed by atoms with Gasteiger partial charge in [-0.25, -0.2) is 9.78 Å². The normalized spacial score (nSPS) is 12.2. The Morgan fingerprint density at radius 2 is 1.57 bits per heavy atom. The summed E-state index contributed by atoms with van der Waals surface area (Å²) in [6.07, 6.45) is 1.25. The minimum absolute atomic E-state index is 0.230. The lowest BCUT2D eigenvalue weighted by molar-refractivity contribution is 0.0540. The van der Waals surface area contributed by atoms with E-state index in [0.717, 1.165) is 32.8 Å². The molecule has 0 saturated carbocycles. The van der Waals surface area contributed by atoms with Crippen LogP contribution in [0.1, 0.15) is 34.6 Å². The number of hydrogen-bond donors (Lipinski definition) is 0. The maximum absolute atomic E-state index is 13.6. The average molecular weight is 557 g/mol. The highest BCUT2D eigenvalue weighted by Crippen LogP contribution is 2.47. The standard InChI is InChI=1S/C32H33N2O5P/c1-6-37-40(36,38-7-2)29-18-17-23-20-24(28-16-11-19-34(28)31(35)39-32(3,4)5)21-27(30(23)33-29)26-15-10-13-22-12-8-9-14-25(22)26/h8-21H,6-7H2,1-5H3. The summed E-state index contributed by atoms with van der Waals surface area (Å²) in [6.45, 7) is 9.54. The van der Waals surface area contributed by atoms with Crippen molar-refractivity contribution in [3.05, 3.63) is 85.1 Å². The van der Waals surface area contributed by atoms with Gasteiger partial charge < -0.3 is 13.8 Å². The number of nitrogens with zero attached hydrogens (tertiary/aromatic N) is 2. The molecule has 0 aliphatic heterocycles. The Balaban J connectivity index is 1.77. The van der Waals surface area contributed by atoms with Gasteiger partial charge in [0.15, 0.2) is 5.44 Å². The molecule has 7 nitrogen and oxygen atoms in total. The lowest BCUT2D eigenvalue weighted by Gasteiger charge is -2.21. The summed E-state index contributed by atoms with van der Waals surface area (Å²) in [5.41, 5.74) is 3.60. The fourth-order valence-electron chi connectivity index (χ4n) is 4.79. The molecule has 8 heteroatoms. The van der Waals surface area contributed by atoms with Crippen LogP contribution in [0.2, 0.25) is 0 Å². The maximum Gasteiger partial charge on any atom is 0.418 e. The van der Waals surface area contributed by atoms with Crippen molar-refractivity contribution in [1.82, 2.24) is 9.55 Å². The molecule has 0 radical (unpaired) electrons. The fourth-order valence-corrected chi connectivity index (χ4v) is 6.29. The second-order valence-electron chi connectivity index (χ2n) is 10.4. The predicted octanol–water partition coefficient (Wildman–Crippen LogP) is 8.20. The molecule has 0 aliphatic rings. The second-order valence-corrected chi connectivity index (χ2v) is 12.3. The van der Waals surface area contributed by atoms with Crippen molar-refractivity contribution in [1.29, 1.82) is 0 Å². The van der Waals surface area contributed by atoms with Crippen molar-refractivity contribution in [2.24, 2.45) is 0 Å². The predicted molar refractivity (Wildman–Crippen MR) is 160 cm³/mol. The minimum Gasteiger partial charge on any atom is -0.443 e. The van der Waals surface area contributed by atoms with Gasteiger partial charge in [-0.3, -0.25) is 9.13 Å². The number of hydrogen-bond acceptors (Lipinski definition) is 6. The molecular formula is C32H33N2O5P. The van der Waals surface area contributed by atoms with Crippen LogP contribution in [-0.4, -0.2) is 34.5 Å². The molecule has 0 bridgehead atoms. The zero-order chi connectivity index (χ0) is 28.5. The van der Waals surface area contributed by atoms with Crippen molar-refractivity contribution >= 4 is 40.8 Å². The number of carbonyl (C=O) groups excluding carboxylic acids is 1. The molecule has 5 aromatic rings. The van der Waals surface area contributed by atoms with Crippen LogP contribution in [0.25, 0.3) is 44.1 Å². The molecule has 0 fully saturated rings. The van der Waals surface area contributed by atoms with Crippen LogP contribution in [0.3, 0.4) is 0 Å². The van der Waals surface area contributed by atoms with Crippen molar-refractivity contribution in [2.45, 2.75) is 40.2 Å². The van der Waals surface area contributed by atoms with E-state index in [1.54, 1.807) is 26.1 Å². The highest BCUT2D eigenvalue weighted by molar-refractivity contribution is 7.61. The molecule has 0 unspecified atom stereocenters. The molecule has 40 heavy (non-hydrogen) atoms. The molecule has 0 saturated heterocycles. The van der Waals surface area contributed by atoms with Crippen LogP contribution in [0.15, 0.2) is 85.1 Å². The van der Waals surface area contributed by atoms with Gasteiger partial charge in [0.05, 0.1) is 24.4 Å². The number of ether oxygens (including phenoxy) is 1. The van der Waals surface area contributed by atoms with Crippen LogP contribution in [-0.2, 0) is 18.3 Å². The Kier molecular flexibility index (Phi) is 7.65. The van der Waals surface area contributed by atoms with Crippen LogP contribution in [0, 0.1) is 0 Å². The smallest absolute Gasteiger partial charge is 0.418 e. The van der Waals surface area contributed by atoms with E-state index in [0.29, 0.717) is 11.2 Å². The SMILES string of the molecule is CCOP(=O)(OCC)c1ccc2cc(-c3cccn3C(=O)OC(C)(C)C)cc(-c3cccc4ccccc34)c2n1. The van der Waals surface area contributed by atoms with E-state index in [9.17, 15) is 9.36 Å². The van der Waals surface area contributed by atoms with Crippen LogP contribution in [0.5, 0.6) is 0 Å². The monoisotopic (exact) mass is 556 g/mol. The first-order valence-electron chi connectivity index (χ1n) is 13.4. The van der Waals surface area contributed by atoms with Crippen molar-refractivity contribution in [3.63, 3.8) is 0 Å². The topological polar surface area (TPSA) is 79.7 Å². The van der Waals surface area contributed by atoms with E-state index in [2.05, 4.69) is 18.2 Å². The third-order valence-electron chi connectivity index (χ3n) is 6.37. The van der Waals surface area contributed by atoms with E-state index in [-0.39, 0.29) is 18.6 Å². The Morgan fingerprint density at radius 1 is 0.850 bits per heavy atom. The quantitative estimate of drug-likeness (QED) is 0.188. The largest absolute Gasteiger partial charge is 0.443 e. The van der Waals surface area contributed by atoms with Gasteiger partial charge in [-0.1, -0.05) is 48.5 Å². The number of rotatable bonds is 7. The van der Waals surface area contributed by atoms with Gasteiger partial charge in [0.2, 0.25) is 0 Å². The highest BCUT2D eigenvalue weighted by Gasteiger charge is 2.29. The van der Waals surface area contributed by atoms with Gasteiger partial charge in [0, 0.05) is 22.7 Å². The molecule has 2 aromatic heterocycles. The van der Waals surface area contributed by atoms with Crippen molar-refractivity contribution < 1.29 is 23.1 Å². The van der Waals surface area contributed by atoms with Crippen molar-refractivity contribution in [2.75, 3.05) is 13.2 Å². The van der Waals surface area contributed by atoms with E-state index in [1.165, 1.54) is 4.57 Å².